The van der Waals surface area contributed by atoms with Gasteiger partial charge in [0, 0.05) is 27.2 Å². The monoisotopic (exact) mass is 778 g/mol. The van der Waals surface area contributed by atoms with Crippen LogP contribution >= 0.6 is 0 Å². The van der Waals surface area contributed by atoms with E-state index in [9.17, 15) is 33.9 Å². The minimum absolute atomic E-state index is 0.0535. The van der Waals surface area contributed by atoms with Gasteiger partial charge in [0.2, 0.25) is 17.5 Å². The minimum Gasteiger partial charge on any atom is -0.462 e. The van der Waals surface area contributed by atoms with Crippen LogP contribution in [0.3, 0.4) is 0 Å². The molecule has 0 aromatic heterocycles. The number of rotatable bonds is 13. The molecule has 0 aliphatic carbocycles. The molecule has 15 nitrogen and oxygen atoms in total. The van der Waals surface area contributed by atoms with Gasteiger partial charge in [0.15, 0.2) is 12.2 Å². The SMILES string of the molecule is CC(=O)O[C@@H]1[C@@H](OC(C)=O)[C@@]2(C(=O)OC(C)(C)C)O[C@]1(CCC[C@@H](OC(C)=O)[C@H](C)Cc1ccccc1)O[C@H](C(=O)OC(C)(C)C)[C@@]2(O)C(=O)OC(C)(C)C. The third-order valence-electron chi connectivity index (χ3n) is 8.69. The fourth-order valence-electron chi connectivity index (χ4n) is 6.80. The Morgan fingerprint density at radius 3 is 1.75 bits per heavy atom. The van der Waals surface area contributed by atoms with E-state index in [-0.39, 0.29) is 25.2 Å². The first-order chi connectivity index (χ1) is 25.1. The highest BCUT2D eigenvalue weighted by Crippen LogP contribution is 2.58. The van der Waals surface area contributed by atoms with Crippen LogP contribution in [0.15, 0.2) is 30.3 Å². The van der Waals surface area contributed by atoms with E-state index in [0.717, 1.165) is 19.4 Å². The highest BCUT2D eigenvalue weighted by Gasteiger charge is 2.87. The van der Waals surface area contributed by atoms with Crippen molar-refractivity contribution in [3.05, 3.63) is 35.9 Å². The zero-order valence-corrected chi connectivity index (χ0v) is 34.3. The molecule has 2 aliphatic rings. The number of carbonyl (C=O) groups excluding carboxylic acids is 6. The lowest BCUT2D eigenvalue weighted by atomic mass is 9.74. The van der Waals surface area contributed by atoms with Crippen molar-refractivity contribution in [2.45, 2.75) is 174 Å². The van der Waals surface area contributed by atoms with Crippen molar-refractivity contribution in [2.75, 3.05) is 0 Å². The van der Waals surface area contributed by atoms with E-state index in [1.54, 1.807) is 0 Å². The second kappa shape index (κ2) is 16.6. The number of aliphatic hydroxyl groups is 1. The van der Waals surface area contributed by atoms with Gasteiger partial charge in [0.1, 0.15) is 22.9 Å². The van der Waals surface area contributed by atoms with Crippen molar-refractivity contribution in [1.29, 1.82) is 0 Å². The smallest absolute Gasteiger partial charge is 0.347 e. The molecule has 2 heterocycles. The maximum absolute atomic E-state index is 14.8. The van der Waals surface area contributed by atoms with E-state index in [1.807, 2.05) is 37.3 Å². The maximum atomic E-state index is 14.8. The third kappa shape index (κ3) is 10.6. The second-order valence-electron chi connectivity index (χ2n) is 17.2. The van der Waals surface area contributed by atoms with Gasteiger partial charge in [-0.15, -0.1) is 0 Å². The topological polar surface area (TPSA) is 196 Å². The van der Waals surface area contributed by atoms with E-state index in [0.29, 0.717) is 6.42 Å². The summed E-state index contributed by atoms with van der Waals surface area (Å²) in [5.74, 6) is -9.47. The zero-order valence-electron chi connectivity index (χ0n) is 34.3. The summed E-state index contributed by atoms with van der Waals surface area (Å²) in [5, 5.41) is 12.9. The van der Waals surface area contributed by atoms with Crippen molar-refractivity contribution >= 4 is 35.8 Å². The van der Waals surface area contributed by atoms with Crippen LogP contribution in [0.2, 0.25) is 0 Å². The molecule has 15 heteroatoms. The first kappa shape index (κ1) is 45.3. The molecule has 1 aromatic carbocycles. The maximum Gasteiger partial charge on any atom is 0.347 e. The molecule has 2 aliphatic heterocycles. The number of hydrogen-bond acceptors (Lipinski definition) is 15. The summed E-state index contributed by atoms with van der Waals surface area (Å²) in [4.78, 5) is 81.4. The molecule has 2 fully saturated rings. The van der Waals surface area contributed by atoms with Crippen LogP contribution < -0.4 is 0 Å². The molecule has 55 heavy (non-hydrogen) atoms. The quantitative estimate of drug-likeness (QED) is 0.218. The molecule has 1 aromatic rings. The van der Waals surface area contributed by atoms with Gasteiger partial charge in [-0.3, -0.25) is 14.4 Å². The standard InChI is InChI=1S/C40H58O15/c1-23(22-27-18-15-14-16-19-27)28(48-24(2)41)20-17-21-38-29(49-25(3)42)30(50-26(4)43)40(55-38,34(46)54-37(11,12)13)39(47,33(45)53-36(8,9)10)31(51-38)32(44)52-35(5,6)7/h14-16,18-19,23,28-31,47H,17,20-22H2,1-13H3/t23-,28-,29-,30-,31-,38+,39-,40+/m1/s1. The van der Waals surface area contributed by atoms with Crippen molar-refractivity contribution in [1.82, 2.24) is 0 Å². The Hall–Kier alpha value is -4.08. The van der Waals surface area contributed by atoms with Crippen LogP contribution in [0.5, 0.6) is 0 Å². The number of hydrogen-bond donors (Lipinski definition) is 1. The Balaban J connectivity index is 2.32. The molecule has 0 radical (unpaired) electrons. The van der Waals surface area contributed by atoms with Crippen molar-refractivity contribution in [2.24, 2.45) is 5.92 Å². The molecular formula is C40H58O15. The Labute approximate surface area is 322 Å². The average molecular weight is 779 g/mol. The normalized spacial score (nSPS) is 27.6. The van der Waals surface area contributed by atoms with E-state index in [2.05, 4.69) is 0 Å². The Bertz CT molecular complexity index is 1590. The first-order valence-electron chi connectivity index (χ1n) is 18.4. The molecule has 0 unspecified atom stereocenters. The molecule has 0 amide bonds. The number of ether oxygens (including phenoxy) is 8. The number of benzene rings is 1. The van der Waals surface area contributed by atoms with Gasteiger partial charge in [-0.2, -0.15) is 0 Å². The zero-order chi connectivity index (χ0) is 41.9. The lowest BCUT2D eigenvalue weighted by Crippen LogP contribution is -2.79. The summed E-state index contributed by atoms with van der Waals surface area (Å²) in [5.41, 5.74) is -9.53. The van der Waals surface area contributed by atoms with E-state index in [1.165, 1.54) is 69.2 Å². The van der Waals surface area contributed by atoms with Crippen molar-refractivity contribution < 1.29 is 71.8 Å². The van der Waals surface area contributed by atoms with Crippen LogP contribution in [-0.4, -0.2) is 99.1 Å². The summed E-state index contributed by atoms with van der Waals surface area (Å²) in [6, 6.07) is 9.56. The molecule has 308 valence electrons. The van der Waals surface area contributed by atoms with Gasteiger partial charge in [-0.25, -0.2) is 14.4 Å². The fraction of sp³-hybridized carbons (Fsp3) is 0.700. The van der Waals surface area contributed by atoms with Crippen molar-refractivity contribution in [3.8, 4) is 0 Å². The van der Waals surface area contributed by atoms with E-state index in [4.69, 9.17) is 37.9 Å². The lowest BCUT2D eigenvalue weighted by Gasteiger charge is -2.51. The molecule has 2 bridgehead atoms. The summed E-state index contributed by atoms with van der Waals surface area (Å²) in [6.07, 6.45) is -6.68. The van der Waals surface area contributed by atoms with E-state index < -0.39 is 94.0 Å². The summed E-state index contributed by atoms with van der Waals surface area (Å²) in [7, 11) is 0. The van der Waals surface area contributed by atoms with Gasteiger partial charge < -0.3 is 43.0 Å². The predicted molar refractivity (Wildman–Crippen MR) is 194 cm³/mol. The molecular weight excluding hydrogens is 720 g/mol. The molecule has 0 saturated carbocycles. The van der Waals surface area contributed by atoms with Gasteiger partial charge in [-0.05, 0) is 93.1 Å². The predicted octanol–water partition coefficient (Wildman–Crippen LogP) is 4.45. The summed E-state index contributed by atoms with van der Waals surface area (Å²) >= 11 is 0. The third-order valence-corrected chi connectivity index (χ3v) is 8.69. The average Bonchev–Trinajstić information content (AvgIpc) is 3.22. The highest BCUT2D eigenvalue weighted by atomic mass is 16.8. The minimum atomic E-state index is -3.49. The number of esters is 6. The fourth-order valence-corrected chi connectivity index (χ4v) is 6.80. The molecule has 1 N–H and O–H groups in total. The summed E-state index contributed by atoms with van der Waals surface area (Å²) in [6.45, 7) is 18.7. The first-order valence-corrected chi connectivity index (χ1v) is 18.4. The van der Waals surface area contributed by atoms with Crippen LogP contribution in [0.4, 0.5) is 0 Å². The van der Waals surface area contributed by atoms with Crippen molar-refractivity contribution in [3.63, 3.8) is 0 Å². The van der Waals surface area contributed by atoms with Crippen LogP contribution in [0, 0.1) is 5.92 Å². The molecule has 8 atom stereocenters. The molecule has 3 rings (SSSR count). The Morgan fingerprint density at radius 1 is 0.745 bits per heavy atom. The second-order valence-corrected chi connectivity index (χ2v) is 17.2. The van der Waals surface area contributed by atoms with Crippen LogP contribution in [0.1, 0.15) is 115 Å². The van der Waals surface area contributed by atoms with Crippen LogP contribution in [-0.2, 0) is 73.1 Å². The van der Waals surface area contributed by atoms with Crippen LogP contribution in [0.25, 0.3) is 0 Å². The Kier molecular flexibility index (Phi) is 13.6. The number of fused-ring (bicyclic) bond motifs is 2. The van der Waals surface area contributed by atoms with Gasteiger partial charge in [-0.1, -0.05) is 37.3 Å². The molecule has 2 saturated heterocycles. The number of carbonyl (C=O) groups is 6. The summed E-state index contributed by atoms with van der Waals surface area (Å²) < 4.78 is 47.0. The van der Waals surface area contributed by atoms with Gasteiger partial charge in [0.05, 0.1) is 0 Å². The molecule has 0 spiro atoms. The van der Waals surface area contributed by atoms with E-state index >= 15 is 0 Å². The van der Waals surface area contributed by atoms with Gasteiger partial charge >= 0.3 is 35.8 Å². The Morgan fingerprint density at radius 2 is 1.25 bits per heavy atom. The highest BCUT2D eigenvalue weighted by molar-refractivity contribution is 6.00. The largest absolute Gasteiger partial charge is 0.462 e. The lowest BCUT2D eigenvalue weighted by molar-refractivity contribution is -0.378. The van der Waals surface area contributed by atoms with Gasteiger partial charge in [0.25, 0.3) is 5.60 Å².